The van der Waals surface area contributed by atoms with Crippen molar-refractivity contribution in [2.45, 2.75) is 50.0 Å². The third-order valence-corrected chi connectivity index (χ3v) is 6.40. The molecule has 2 unspecified atom stereocenters. The topological polar surface area (TPSA) is 57.9 Å². The summed E-state index contributed by atoms with van der Waals surface area (Å²) < 4.78 is 25.4. The van der Waals surface area contributed by atoms with Crippen molar-refractivity contribution >= 4 is 9.84 Å². The lowest BCUT2D eigenvalue weighted by Gasteiger charge is -2.20. The van der Waals surface area contributed by atoms with Crippen LogP contribution >= 0.6 is 0 Å². The van der Waals surface area contributed by atoms with E-state index in [9.17, 15) is 13.7 Å². The molecule has 0 amide bonds. The molecule has 0 aromatic heterocycles. The maximum atomic E-state index is 12.7. The van der Waals surface area contributed by atoms with E-state index >= 15 is 0 Å². The standard InChI is InChI=1S/C16H21NO2S/c1-13-7-5-6-9-15(13)12-20(18,19)16-10-4-2-3-8-14(16)11-17/h5-7,9,14,16H,2-4,8,10,12H2,1H3. The maximum absolute atomic E-state index is 12.7. The first kappa shape index (κ1) is 15.1. The summed E-state index contributed by atoms with van der Waals surface area (Å²) in [7, 11) is -3.27. The Balaban J connectivity index is 2.25. The Morgan fingerprint density at radius 2 is 1.90 bits per heavy atom. The van der Waals surface area contributed by atoms with Gasteiger partial charge in [0.05, 0.1) is 23.0 Å². The summed E-state index contributed by atoms with van der Waals surface area (Å²) in [6.07, 6.45) is 4.26. The van der Waals surface area contributed by atoms with E-state index in [4.69, 9.17) is 0 Å². The van der Waals surface area contributed by atoms with Crippen LogP contribution < -0.4 is 0 Å². The third kappa shape index (κ3) is 3.40. The van der Waals surface area contributed by atoms with Crippen molar-refractivity contribution < 1.29 is 8.42 Å². The van der Waals surface area contributed by atoms with Gasteiger partial charge in [-0.3, -0.25) is 0 Å². The van der Waals surface area contributed by atoms with Gasteiger partial charge in [0.15, 0.2) is 9.84 Å². The van der Waals surface area contributed by atoms with Crippen LogP contribution in [0.4, 0.5) is 0 Å². The van der Waals surface area contributed by atoms with Crippen LogP contribution in [0.2, 0.25) is 0 Å². The predicted molar refractivity (Wildman–Crippen MR) is 79.8 cm³/mol. The minimum absolute atomic E-state index is 0.0581. The smallest absolute Gasteiger partial charge is 0.158 e. The molecule has 0 heterocycles. The predicted octanol–water partition coefficient (Wildman–Crippen LogP) is 3.38. The van der Waals surface area contributed by atoms with E-state index in [0.717, 1.165) is 30.4 Å². The quantitative estimate of drug-likeness (QED) is 0.802. The number of nitriles is 1. The first-order valence-electron chi connectivity index (χ1n) is 7.20. The minimum atomic E-state index is -3.27. The van der Waals surface area contributed by atoms with Gasteiger partial charge in [-0.2, -0.15) is 5.26 Å². The average Bonchev–Trinajstić information content (AvgIpc) is 2.66. The average molecular weight is 291 g/mol. The summed E-state index contributed by atoms with van der Waals surface area (Å²) in [4.78, 5) is 0. The molecule has 1 aliphatic rings. The highest BCUT2D eigenvalue weighted by molar-refractivity contribution is 7.91. The Labute approximate surface area is 121 Å². The van der Waals surface area contributed by atoms with Gasteiger partial charge in [-0.15, -0.1) is 0 Å². The second kappa shape index (κ2) is 6.41. The molecule has 1 fully saturated rings. The van der Waals surface area contributed by atoms with Gasteiger partial charge < -0.3 is 0 Å². The molecule has 0 bridgehead atoms. The highest BCUT2D eigenvalue weighted by atomic mass is 32.2. The molecule has 0 aliphatic heterocycles. The van der Waals surface area contributed by atoms with Gasteiger partial charge in [-0.05, 0) is 30.9 Å². The van der Waals surface area contributed by atoms with Gasteiger partial charge in [-0.25, -0.2) is 8.42 Å². The van der Waals surface area contributed by atoms with E-state index in [1.54, 1.807) is 0 Å². The Bertz CT molecular complexity index is 601. The number of rotatable bonds is 3. The zero-order valence-electron chi connectivity index (χ0n) is 11.9. The molecular weight excluding hydrogens is 270 g/mol. The summed E-state index contributed by atoms with van der Waals surface area (Å²) in [5.41, 5.74) is 1.85. The van der Waals surface area contributed by atoms with Gasteiger partial charge in [0, 0.05) is 0 Å². The van der Waals surface area contributed by atoms with Crippen molar-refractivity contribution in [1.29, 1.82) is 5.26 Å². The normalized spacial score (nSPS) is 23.8. The number of sulfone groups is 1. The van der Waals surface area contributed by atoms with Crippen molar-refractivity contribution in [1.82, 2.24) is 0 Å². The van der Waals surface area contributed by atoms with Crippen LogP contribution in [0, 0.1) is 24.2 Å². The molecule has 1 aromatic rings. The molecule has 0 spiro atoms. The summed E-state index contributed by atoms with van der Waals surface area (Å²) in [5.74, 6) is -0.283. The van der Waals surface area contributed by atoms with Gasteiger partial charge >= 0.3 is 0 Å². The molecule has 4 heteroatoms. The number of nitrogens with zero attached hydrogens (tertiary/aromatic N) is 1. The van der Waals surface area contributed by atoms with E-state index in [1.165, 1.54) is 0 Å². The van der Waals surface area contributed by atoms with E-state index in [-0.39, 0.29) is 11.7 Å². The lowest BCUT2D eigenvalue weighted by Crippen LogP contribution is -2.29. The molecular formula is C16H21NO2S. The zero-order chi connectivity index (χ0) is 14.6. The third-order valence-electron chi connectivity index (χ3n) is 4.20. The van der Waals surface area contributed by atoms with Crippen molar-refractivity contribution in [2.75, 3.05) is 0 Å². The molecule has 1 aliphatic carbocycles. The minimum Gasteiger partial charge on any atom is -0.228 e. The summed E-state index contributed by atoms with van der Waals surface area (Å²) in [6, 6.07) is 9.80. The summed E-state index contributed by atoms with van der Waals surface area (Å²) in [5, 5.41) is 8.76. The molecule has 0 radical (unpaired) electrons. The first-order valence-corrected chi connectivity index (χ1v) is 8.92. The zero-order valence-corrected chi connectivity index (χ0v) is 12.7. The molecule has 3 nitrogen and oxygen atoms in total. The van der Waals surface area contributed by atoms with Crippen molar-refractivity contribution in [3.8, 4) is 6.07 Å². The molecule has 2 atom stereocenters. The van der Waals surface area contributed by atoms with E-state index in [0.29, 0.717) is 12.8 Å². The Kier molecular flexibility index (Phi) is 4.82. The van der Waals surface area contributed by atoms with Crippen LogP contribution in [0.15, 0.2) is 24.3 Å². The highest BCUT2D eigenvalue weighted by Crippen LogP contribution is 2.30. The van der Waals surface area contributed by atoms with Crippen LogP contribution in [0.25, 0.3) is 0 Å². The molecule has 108 valence electrons. The fraction of sp³-hybridized carbons (Fsp3) is 0.562. The molecule has 20 heavy (non-hydrogen) atoms. The Morgan fingerprint density at radius 1 is 1.20 bits per heavy atom. The summed E-state index contributed by atoms with van der Waals surface area (Å²) in [6.45, 7) is 1.93. The molecule has 1 saturated carbocycles. The Hall–Kier alpha value is -1.34. The van der Waals surface area contributed by atoms with E-state index in [1.807, 2.05) is 31.2 Å². The first-order chi connectivity index (χ1) is 9.54. The summed E-state index contributed by atoms with van der Waals surface area (Å²) >= 11 is 0. The number of hydrogen-bond donors (Lipinski definition) is 0. The SMILES string of the molecule is Cc1ccccc1CS(=O)(=O)C1CCCCCC1C#N. The fourth-order valence-corrected chi connectivity index (χ4v) is 5.14. The lowest BCUT2D eigenvalue weighted by atomic mass is 10.0. The van der Waals surface area contributed by atoms with Gasteiger partial charge in [0.25, 0.3) is 0 Å². The largest absolute Gasteiger partial charge is 0.228 e. The molecule has 0 N–H and O–H groups in total. The maximum Gasteiger partial charge on any atom is 0.158 e. The number of hydrogen-bond acceptors (Lipinski definition) is 3. The number of benzene rings is 1. The van der Waals surface area contributed by atoms with Crippen LogP contribution in [-0.2, 0) is 15.6 Å². The molecule has 0 saturated heterocycles. The van der Waals surface area contributed by atoms with E-state index < -0.39 is 15.1 Å². The van der Waals surface area contributed by atoms with Crippen molar-refractivity contribution in [3.63, 3.8) is 0 Å². The number of aryl methyl sites for hydroxylation is 1. The molecule has 2 rings (SSSR count). The van der Waals surface area contributed by atoms with E-state index in [2.05, 4.69) is 6.07 Å². The van der Waals surface area contributed by atoms with Crippen LogP contribution in [0.5, 0.6) is 0 Å². The molecule has 1 aromatic carbocycles. The van der Waals surface area contributed by atoms with Crippen molar-refractivity contribution in [3.05, 3.63) is 35.4 Å². The highest BCUT2D eigenvalue weighted by Gasteiger charge is 2.34. The van der Waals surface area contributed by atoms with Crippen LogP contribution in [0.3, 0.4) is 0 Å². The van der Waals surface area contributed by atoms with Crippen LogP contribution in [-0.4, -0.2) is 13.7 Å². The second-order valence-electron chi connectivity index (χ2n) is 5.65. The van der Waals surface area contributed by atoms with Gasteiger partial charge in [0.1, 0.15) is 0 Å². The fourth-order valence-electron chi connectivity index (χ4n) is 2.95. The van der Waals surface area contributed by atoms with Gasteiger partial charge in [-0.1, -0.05) is 43.5 Å². The Morgan fingerprint density at radius 3 is 2.60 bits per heavy atom. The monoisotopic (exact) mass is 291 g/mol. The lowest BCUT2D eigenvalue weighted by molar-refractivity contribution is 0.522. The van der Waals surface area contributed by atoms with Crippen molar-refractivity contribution in [2.24, 2.45) is 5.92 Å². The van der Waals surface area contributed by atoms with Gasteiger partial charge in [0.2, 0.25) is 0 Å². The second-order valence-corrected chi connectivity index (χ2v) is 7.87. The van der Waals surface area contributed by atoms with Crippen LogP contribution in [0.1, 0.15) is 43.2 Å².